The molecule has 1 aromatic carbocycles. The van der Waals surface area contributed by atoms with Gasteiger partial charge in [-0.15, -0.1) is 0 Å². The number of urea groups is 1. The smallest absolute Gasteiger partial charge is 0.317 e. The molecule has 7 nitrogen and oxygen atoms in total. The third-order valence-electron chi connectivity index (χ3n) is 3.80. The molecule has 1 aliphatic rings. The highest BCUT2D eigenvalue weighted by molar-refractivity contribution is 5.75. The van der Waals surface area contributed by atoms with Crippen LogP contribution in [0.2, 0.25) is 0 Å². The van der Waals surface area contributed by atoms with Crippen LogP contribution in [0.5, 0.6) is 11.5 Å². The fourth-order valence-corrected chi connectivity index (χ4v) is 2.70. The Hall–Kier alpha value is -2.44. The lowest BCUT2D eigenvalue weighted by atomic mass is 10.1. The minimum absolute atomic E-state index is 0.0111. The molecule has 0 saturated carbocycles. The Morgan fingerprint density at radius 3 is 2.87 bits per heavy atom. The number of phenols is 1. The van der Waals surface area contributed by atoms with Crippen molar-refractivity contribution in [2.45, 2.75) is 32.4 Å². The van der Waals surface area contributed by atoms with Gasteiger partial charge in [-0.3, -0.25) is 4.79 Å². The third-order valence-corrected chi connectivity index (χ3v) is 3.80. The summed E-state index contributed by atoms with van der Waals surface area (Å²) in [7, 11) is 1.48. The van der Waals surface area contributed by atoms with Gasteiger partial charge in [0.05, 0.1) is 7.11 Å². The maximum atomic E-state index is 12.2. The quantitative estimate of drug-likeness (QED) is 0.777. The van der Waals surface area contributed by atoms with Crippen molar-refractivity contribution in [3.63, 3.8) is 0 Å². The van der Waals surface area contributed by atoms with Gasteiger partial charge in [0.1, 0.15) is 0 Å². The van der Waals surface area contributed by atoms with E-state index >= 15 is 0 Å². The normalized spacial score (nSPS) is 17.5. The molecule has 126 valence electrons. The van der Waals surface area contributed by atoms with Gasteiger partial charge in [-0.25, -0.2) is 4.79 Å². The van der Waals surface area contributed by atoms with Crippen molar-refractivity contribution in [1.82, 2.24) is 15.5 Å². The van der Waals surface area contributed by atoms with Gasteiger partial charge >= 0.3 is 6.03 Å². The van der Waals surface area contributed by atoms with Gasteiger partial charge in [-0.2, -0.15) is 0 Å². The number of nitrogens with one attached hydrogen (secondary N) is 2. The van der Waals surface area contributed by atoms with Gasteiger partial charge in [-0.1, -0.05) is 6.07 Å². The van der Waals surface area contributed by atoms with Crippen LogP contribution < -0.4 is 15.4 Å². The van der Waals surface area contributed by atoms with Crippen molar-refractivity contribution in [2.75, 3.05) is 20.2 Å². The highest BCUT2D eigenvalue weighted by Gasteiger charge is 2.23. The first-order valence-electron chi connectivity index (χ1n) is 7.65. The SMILES string of the molecule is COc1ccc(CNC(=O)N2CCC[C@H](NC(C)=O)C2)cc1O. The molecule has 1 fully saturated rings. The van der Waals surface area contributed by atoms with Crippen LogP contribution in [0.4, 0.5) is 4.79 Å². The van der Waals surface area contributed by atoms with E-state index in [0.29, 0.717) is 25.4 Å². The predicted octanol–water partition coefficient (Wildman–Crippen LogP) is 1.21. The van der Waals surface area contributed by atoms with E-state index in [1.54, 1.807) is 23.1 Å². The van der Waals surface area contributed by atoms with Gasteiger partial charge in [0, 0.05) is 32.6 Å². The van der Waals surface area contributed by atoms with E-state index < -0.39 is 0 Å². The average molecular weight is 321 g/mol. The summed E-state index contributed by atoms with van der Waals surface area (Å²) in [5.74, 6) is 0.364. The van der Waals surface area contributed by atoms with Crippen molar-refractivity contribution in [3.8, 4) is 11.5 Å². The van der Waals surface area contributed by atoms with E-state index in [4.69, 9.17) is 4.74 Å². The summed E-state index contributed by atoms with van der Waals surface area (Å²) in [5.41, 5.74) is 0.784. The van der Waals surface area contributed by atoms with Crippen LogP contribution in [0.3, 0.4) is 0 Å². The molecular weight excluding hydrogens is 298 g/mol. The lowest BCUT2D eigenvalue weighted by molar-refractivity contribution is -0.119. The number of carbonyl (C=O) groups excluding carboxylic acids is 2. The number of likely N-dealkylation sites (tertiary alicyclic amines) is 1. The molecule has 3 amide bonds. The Balaban J connectivity index is 1.86. The Morgan fingerprint density at radius 1 is 1.43 bits per heavy atom. The highest BCUT2D eigenvalue weighted by atomic mass is 16.5. The molecule has 0 aromatic heterocycles. The van der Waals surface area contributed by atoms with Crippen LogP contribution in [0.15, 0.2) is 18.2 Å². The van der Waals surface area contributed by atoms with Crippen LogP contribution in [0.1, 0.15) is 25.3 Å². The molecule has 0 radical (unpaired) electrons. The molecule has 7 heteroatoms. The van der Waals surface area contributed by atoms with Gasteiger partial charge in [0.15, 0.2) is 11.5 Å². The number of hydrogen-bond donors (Lipinski definition) is 3. The molecule has 1 atom stereocenters. The summed E-state index contributed by atoms with van der Waals surface area (Å²) in [6.07, 6.45) is 1.75. The van der Waals surface area contributed by atoms with Crippen molar-refractivity contribution in [3.05, 3.63) is 23.8 Å². The van der Waals surface area contributed by atoms with Crippen molar-refractivity contribution in [2.24, 2.45) is 0 Å². The molecule has 2 rings (SSSR count). The number of nitrogens with zero attached hydrogens (tertiary/aromatic N) is 1. The van der Waals surface area contributed by atoms with Gasteiger partial charge in [-0.05, 0) is 30.5 Å². The molecule has 3 N–H and O–H groups in total. The number of carbonyl (C=O) groups is 2. The first kappa shape index (κ1) is 16.9. The minimum Gasteiger partial charge on any atom is -0.504 e. The zero-order valence-electron chi connectivity index (χ0n) is 13.5. The molecule has 0 bridgehead atoms. The monoisotopic (exact) mass is 321 g/mol. The number of ether oxygens (including phenoxy) is 1. The van der Waals surface area contributed by atoms with E-state index in [0.717, 1.165) is 18.4 Å². The first-order chi connectivity index (χ1) is 11.0. The molecule has 1 aliphatic heterocycles. The van der Waals surface area contributed by atoms with Crippen LogP contribution in [-0.4, -0.2) is 48.2 Å². The molecule has 1 saturated heterocycles. The first-order valence-corrected chi connectivity index (χ1v) is 7.65. The fraction of sp³-hybridized carbons (Fsp3) is 0.500. The van der Waals surface area contributed by atoms with Crippen molar-refractivity contribution >= 4 is 11.9 Å². The largest absolute Gasteiger partial charge is 0.504 e. The van der Waals surface area contributed by atoms with Crippen LogP contribution in [-0.2, 0) is 11.3 Å². The number of benzene rings is 1. The van der Waals surface area contributed by atoms with E-state index in [1.165, 1.54) is 14.0 Å². The number of aromatic hydroxyl groups is 1. The van der Waals surface area contributed by atoms with Crippen molar-refractivity contribution in [1.29, 1.82) is 0 Å². The molecule has 0 unspecified atom stereocenters. The number of hydrogen-bond acceptors (Lipinski definition) is 4. The van der Waals surface area contributed by atoms with E-state index in [1.807, 2.05) is 0 Å². The molecule has 23 heavy (non-hydrogen) atoms. The van der Waals surface area contributed by atoms with E-state index in [9.17, 15) is 14.7 Å². The number of phenolic OH excluding ortho intramolecular Hbond substituents is 1. The second kappa shape index (κ2) is 7.71. The standard InChI is InChI=1S/C16H23N3O4/c1-11(20)18-13-4-3-7-19(10-13)16(22)17-9-12-5-6-15(23-2)14(21)8-12/h5-6,8,13,21H,3-4,7,9-10H2,1-2H3,(H,17,22)(H,18,20)/t13-/m0/s1. The second-order valence-corrected chi connectivity index (χ2v) is 5.65. The molecule has 1 heterocycles. The molecular formula is C16H23N3O4. The van der Waals surface area contributed by atoms with E-state index in [-0.39, 0.29) is 23.7 Å². The summed E-state index contributed by atoms with van der Waals surface area (Å²) >= 11 is 0. The van der Waals surface area contributed by atoms with Crippen LogP contribution >= 0.6 is 0 Å². The lowest BCUT2D eigenvalue weighted by Gasteiger charge is -2.33. The zero-order valence-corrected chi connectivity index (χ0v) is 13.5. The van der Waals surface area contributed by atoms with Gasteiger partial charge in [0.2, 0.25) is 5.91 Å². The fourth-order valence-electron chi connectivity index (χ4n) is 2.70. The summed E-state index contributed by atoms with van der Waals surface area (Å²) in [5, 5.41) is 15.4. The molecule has 0 aliphatic carbocycles. The van der Waals surface area contributed by atoms with E-state index in [2.05, 4.69) is 10.6 Å². The molecule has 0 spiro atoms. The zero-order chi connectivity index (χ0) is 16.8. The maximum Gasteiger partial charge on any atom is 0.317 e. The Kier molecular flexibility index (Phi) is 5.67. The number of rotatable bonds is 4. The highest BCUT2D eigenvalue weighted by Crippen LogP contribution is 2.26. The summed E-state index contributed by atoms with van der Waals surface area (Å²) in [6.45, 7) is 2.99. The number of methoxy groups -OCH3 is 1. The van der Waals surface area contributed by atoms with Gasteiger partial charge in [0.25, 0.3) is 0 Å². The lowest BCUT2D eigenvalue weighted by Crippen LogP contribution is -2.51. The topological polar surface area (TPSA) is 90.9 Å². The Morgan fingerprint density at radius 2 is 2.22 bits per heavy atom. The maximum absolute atomic E-state index is 12.2. The van der Waals surface area contributed by atoms with Crippen LogP contribution in [0.25, 0.3) is 0 Å². The Labute approximate surface area is 135 Å². The summed E-state index contributed by atoms with van der Waals surface area (Å²) < 4.78 is 4.98. The number of piperidine rings is 1. The molecule has 1 aromatic rings. The minimum atomic E-state index is -0.171. The second-order valence-electron chi connectivity index (χ2n) is 5.65. The third kappa shape index (κ3) is 4.77. The van der Waals surface area contributed by atoms with Crippen molar-refractivity contribution < 1.29 is 19.4 Å². The summed E-state index contributed by atoms with van der Waals surface area (Å²) in [4.78, 5) is 25.0. The van der Waals surface area contributed by atoms with Gasteiger partial charge < -0.3 is 25.4 Å². The summed E-state index contributed by atoms with van der Waals surface area (Å²) in [6, 6.07) is 4.85. The predicted molar refractivity (Wildman–Crippen MR) is 85.3 cm³/mol. The number of amides is 3. The average Bonchev–Trinajstić information content (AvgIpc) is 2.52. The Bertz CT molecular complexity index is 576. The van der Waals surface area contributed by atoms with Crippen LogP contribution in [0, 0.1) is 0 Å².